The molecule has 0 rings (SSSR count). The SMILES string of the molecule is CC(C)C(=O)OCCOC(=O)CS(=O)(=O)CCCl. The van der Waals surface area contributed by atoms with Crippen molar-refractivity contribution in [2.75, 3.05) is 30.6 Å². The minimum Gasteiger partial charge on any atom is -0.462 e. The molecule has 0 aliphatic heterocycles. The maximum Gasteiger partial charge on any atom is 0.321 e. The van der Waals surface area contributed by atoms with Gasteiger partial charge in [0.25, 0.3) is 0 Å². The Morgan fingerprint density at radius 3 is 2.22 bits per heavy atom. The minimum atomic E-state index is -3.51. The van der Waals surface area contributed by atoms with E-state index in [1.54, 1.807) is 13.8 Å². The van der Waals surface area contributed by atoms with Gasteiger partial charge in [0.15, 0.2) is 9.84 Å². The molecule has 0 radical (unpaired) electrons. The average Bonchev–Trinajstić information content (AvgIpc) is 2.22. The van der Waals surface area contributed by atoms with E-state index in [-0.39, 0.29) is 30.8 Å². The Hall–Kier alpha value is -0.820. The standard InChI is InChI=1S/C10H17ClO6S/c1-8(2)10(13)17-5-4-16-9(12)7-18(14,15)6-3-11/h8H,3-7H2,1-2H3. The lowest BCUT2D eigenvalue weighted by Crippen LogP contribution is -2.23. The second kappa shape index (κ2) is 8.31. The fourth-order valence-corrected chi connectivity index (χ4v) is 2.40. The van der Waals surface area contributed by atoms with Crippen LogP contribution in [-0.4, -0.2) is 51.0 Å². The number of alkyl halides is 1. The number of hydrogen-bond acceptors (Lipinski definition) is 6. The Kier molecular flexibility index (Phi) is 7.93. The van der Waals surface area contributed by atoms with Gasteiger partial charge in [-0.05, 0) is 0 Å². The molecule has 0 saturated heterocycles. The van der Waals surface area contributed by atoms with Crippen LogP contribution >= 0.6 is 11.6 Å². The van der Waals surface area contributed by atoms with E-state index in [1.165, 1.54) is 0 Å². The first kappa shape index (κ1) is 17.2. The van der Waals surface area contributed by atoms with Gasteiger partial charge in [-0.3, -0.25) is 9.59 Å². The molecule has 6 nitrogen and oxygen atoms in total. The Bertz CT molecular complexity index is 376. The minimum absolute atomic E-state index is 0.0678. The molecule has 0 aliphatic carbocycles. The molecule has 106 valence electrons. The third kappa shape index (κ3) is 8.30. The van der Waals surface area contributed by atoms with Crippen LogP contribution in [0, 0.1) is 5.92 Å². The average molecular weight is 301 g/mol. The van der Waals surface area contributed by atoms with Crippen molar-refractivity contribution in [3.63, 3.8) is 0 Å². The molecule has 0 fully saturated rings. The number of halogens is 1. The van der Waals surface area contributed by atoms with Gasteiger partial charge < -0.3 is 9.47 Å². The van der Waals surface area contributed by atoms with Crippen LogP contribution in [0.4, 0.5) is 0 Å². The maximum atomic E-state index is 11.2. The molecular formula is C10H17ClO6S. The summed E-state index contributed by atoms with van der Waals surface area (Å²) < 4.78 is 31.8. The molecule has 0 aromatic heterocycles. The van der Waals surface area contributed by atoms with Gasteiger partial charge in [0.05, 0.1) is 11.7 Å². The smallest absolute Gasteiger partial charge is 0.321 e. The van der Waals surface area contributed by atoms with Crippen LogP contribution in [0.3, 0.4) is 0 Å². The summed E-state index contributed by atoms with van der Waals surface area (Å²) in [6.45, 7) is 3.10. The van der Waals surface area contributed by atoms with Gasteiger partial charge in [-0.25, -0.2) is 8.42 Å². The van der Waals surface area contributed by atoms with Crippen LogP contribution in [0.5, 0.6) is 0 Å². The lowest BCUT2D eigenvalue weighted by Gasteiger charge is -2.08. The van der Waals surface area contributed by atoms with Gasteiger partial charge in [-0.15, -0.1) is 11.6 Å². The van der Waals surface area contributed by atoms with Gasteiger partial charge in [0.1, 0.15) is 19.0 Å². The first-order valence-electron chi connectivity index (χ1n) is 5.37. The van der Waals surface area contributed by atoms with E-state index in [2.05, 4.69) is 4.74 Å². The van der Waals surface area contributed by atoms with Gasteiger partial charge in [-0.1, -0.05) is 13.8 Å². The van der Waals surface area contributed by atoms with E-state index in [1.807, 2.05) is 0 Å². The molecule has 0 aromatic carbocycles. The monoisotopic (exact) mass is 300 g/mol. The quantitative estimate of drug-likeness (QED) is 0.366. The predicted molar refractivity (Wildman–Crippen MR) is 66.1 cm³/mol. The van der Waals surface area contributed by atoms with Crippen molar-refractivity contribution >= 4 is 33.4 Å². The van der Waals surface area contributed by atoms with E-state index in [0.29, 0.717) is 0 Å². The first-order chi connectivity index (χ1) is 8.28. The van der Waals surface area contributed by atoms with Crippen molar-refractivity contribution in [1.29, 1.82) is 0 Å². The number of carbonyl (C=O) groups is 2. The zero-order valence-corrected chi connectivity index (χ0v) is 11.9. The van der Waals surface area contributed by atoms with Crippen LogP contribution in [0.2, 0.25) is 0 Å². The van der Waals surface area contributed by atoms with Crippen molar-refractivity contribution in [1.82, 2.24) is 0 Å². The lowest BCUT2D eigenvalue weighted by molar-refractivity contribution is -0.153. The van der Waals surface area contributed by atoms with E-state index < -0.39 is 27.5 Å². The summed E-state index contributed by atoms with van der Waals surface area (Å²) >= 11 is 5.27. The van der Waals surface area contributed by atoms with Crippen LogP contribution in [-0.2, 0) is 28.9 Å². The van der Waals surface area contributed by atoms with Crippen LogP contribution in [0.1, 0.15) is 13.8 Å². The van der Waals surface area contributed by atoms with Crippen LogP contribution in [0.15, 0.2) is 0 Å². The molecule has 0 atom stereocenters. The molecule has 0 unspecified atom stereocenters. The Morgan fingerprint density at radius 1 is 1.17 bits per heavy atom. The van der Waals surface area contributed by atoms with E-state index in [0.717, 1.165) is 0 Å². The molecule has 0 bridgehead atoms. The van der Waals surface area contributed by atoms with Crippen molar-refractivity contribution in [3.8, 4) is 0 Å². The van der Waals surface area contributed by atoms with Gasteiger partial charge in [-0.2, -0.15) is 0 Å². The van der Waals surface area contributed by atoms with Crippen molar-refractivity contribution in [2.45, 2.75) is 13.8 Å². The molecule has 8 heteroatoms. The number of sulfone groups is 1. The maximum absolute atomic E-state index is 11.2. The summed E-state index contributed by atoms with van der Waals surface area (Å²) in [7, 11) is -3.51. The highest BCUT2D eigenvalue weighted by atomic mass is 35.5. The molecule has 0 aliphatic rings. The Labute approximate surface area is 112 Å². The topological polar surface area (TPSA) is 86.7 Å². The largest absolute Gasteiger partial charge is 0.462 e. The van der Waals surface area contributed by atoms with Crippen LogP contribution in [0.25, 0.3) is 0 Å². The molecule has 0 aromatic rings. The van der Waals surface area contributed by atoms with Gasteiger partial charge >= 0.3 is 11.9 Å². The van der Waals surface area contributed by atoms with Crippen molar-refractivity contribution in [2.24, 2.45) is 5.92 Å². The number of ether oxygens (including phenoxy) is 2. The number of carbonyl (C=O) groups excluding carboxylic acids is 2. The molecule has 0 saturated carbocycles. The molecular weight excluding hydrogens is 284 g/mol. The normalized spacial score (nSPS) is 11.3. The summed E-state index contributed by atoms with van der Waals surface area (Å²) in [5.74, 6) is -2.59. The van der Waals surface area contributed by atoms with E-state index in [9.17, 15) is 18.0 Å². The molecule has 0 heterocycles. The molecule has 18 heavy (non-hydrogen) atoms. The Morgan fingerprint density at radius 2 is 1.72 bits per heavy atom. The third-order valence-electron chi connectivity index (χ3n) is 1.79. The van der Waals surface area contributed by atoms with Gasteiger partial charge in [0, 0.05) is 5.88 Å². The summed E-state index contributed by atoms with van der Waals surface area (Å²) in [5, 5.41) is 0. The molecule has 0 amide bonds. The second-order valence-electron chi connectivity index (χ2n) is 3.82. The summed E-state index contributed by atoms with van der Waals surface area (Å²) in [4.78, 5) is 22.2. The fourth-order valence-electron chi connectivity index (χ4n) is 0.875. The fraction of sp³-hybridized carbons (Fsp3) is 0.800. The summed E-state index contributed by atoms with van der Waals surface area (Å²) in [6.07, 6.45) is 0. The third-order valence-corrected chi connectivity index (χ3v) is 3.70. The number of hydrogen-bond donors (Lipinski definition) is 0. The zero-order valence-electron chi connectivity index (χ0n) is 10.3. The lowest BCUT2D eigenvalue weighted by atomic mass is 10.2. The van der Waals surface area contributed by atoms with E-state index >= 15 is 0 Å². The molecule has 0 spiro atoms. The van der Waals surface area contributed by atoms with Crippen LogP contribution < -0.4 is 0 Å². The summed E-state index contributed by atoms with van der Waals surface area (Å²) in [5.41, 5.74) is 0. The first-order valence-corrected chi connectivity index (χ1v) is 7.72. The Balaban J connectivity index is 3.82. The highest BCUT2D eigenvalue weighted by molar-refractivity contribution is 7.92. The zero-order chi connectivity index (χ0) is 14.2. The number of esters is 2. The predicted octanol–water partition coefficient (Wildman–Crippen LogP) is 0.382. The second-order valence-corrected chi connectivity index (χ2v) is 6.39. The highest BCUT2D eigenvalue weighted by Gasteiger charge is 2.17. The highest BCUT2D eigenvalue weighted by Crippen LogP contribution is 1.97. The molecule has 0 N–H and O–H groups in total. The van der Waals surface area contributed by atoms with Crippen molar-refractivity contribution < 1.29 is 27.5 Å². The summed E-state index contributed by atoms with van der Waals surface area (Å²) in [6, 6.07) is 0. The van der Waals surface area contributed by atoms with E-state index in [4.69, 9.17) is 16.3 Å². The van der Waals surface area contributed by atoms with Gasteiger partial charge in [0.2, 0.25) is 0 Å². The van der Waals surface area contributed by atoms with Crippen molar-refractivity contribution in [3.05, 3.63) is 0 Å². The number of rotatable bonds is 8.